The van der Waals surface area contributed by atoms with Crippen molar-refractivity contribution in [1.29, 1.82) is 0 Å². The summed E-state index contributed by atoms with van der Waals surface area (Å²) >= 11 is 0. The Morgan fingerprint density at radius 2 is 1.47 bits per heavy atom. The molecule has 0 aliphatic carbocycles. The van der Waals surface area contributed by atoms with Gasteiger partial charge in [-0.15, -0.1) is 0 Å². The highest BCUT2D eigenvalue weighted by Crippen LogP contribution is 2.29. The normalized spacial score (nSPS) is 14.0. The van der Waals surface area contributed by atoms with Crippen molar-refractivity contribution in [3.63, 3.8) is 0 Å². The van der Waals surface area contributed by atoms with E-state index in [1.807, 2.05) is 30.2 Å². The van der Waals surface area contributed by atoms with E-state index in [4.69, 9.17) is 10.1 Å². The van der Waals surface area contributed by atoms with Crippen LogP contribution >= 0.6 is 0 Å². The van der Waals surface area contributed by atoms with E-state index >= 15 is 0 Å². The van der Waals surface area contributed by atoms with Crippen LogP contribution in [-0.2, 0) is 11.2 Å². The molecule has 2 aromatic carbocycles. The molecule has 0 spiro atoms. The summed E-state index contributed by atoms with van der Waals surface area (Å²) in [5.41, 5.74) is 7.16. The number of halogens is 2. The number of aryl methyl sites for hydroxylation is 3. The maximum atomic E-state index is 13.4. The minimum Gasteiger partial charge on any atom is -0.368 e. The number of aromatic nitrogens is 3. The van der Waals surface area contributed by atoms with E-state index in [0.717, 1.165) is 58.2 Å². The highest BCUT2D eigenvalue weighted by molar-refractivity contribution is 5.80. The van der Waals surface area contributed by atoms with E-state index in [1.165, 1.54) is 24.3 Å². The number of carbonyl (C=O) groups excluding carboxylic acids is 1. The Morgan fingerprint density at radius 3 is 2.11 bits per heavy atom. The molecule has 0 N–H and O–H groups in total. The SMILES string of the molecule is Cc1nc2c(-c3ccc(F)cc3)c(C)nn2c(C)c1CCC(=O)N1CCN(c2ccc(F)cc2)CC1. The predicted molar refractivity (Wildman–Crippen MR) is 136 cm³/mol. The summed E-state index contributed by atoms with van der Waals surface area (Å²) < 4.78 is 28.5. The molecule has 5 rings (SSSR count). The number of carbonyl (C=O) groups is 1. The summed E-state index contributed by atoms with van der Waals surface area (Å²) in [6, 6.07) is 12.9. The topological polar surface area (TPSA) is 53.7 Å². The maximum Gasteiger partial charge on any atom is 0.223 e. The lowest BCUT2D eigenvalue weighted by molar-refractivity contribution is -0.131. The molecule has 1 aliphatic heterocycles. The first kappa shape index (κ1) is 23.9. The number of anilines is 1. The Morgan fingerprint density at radius 1 is 0.861 bits per heavy atom. The van der Waals surface area contributed by atoms with Gasteiger partial charge >= 0.3 is 0 Å². The average Bonchev–Trinajstić information content (AvgIpc) is 3.20. The van der Waals surface area contributed by atoms with E-state index in [2.05, 4.69) is 4.90 Å². The molecule has 3 heterocycles. The van der Waals surface area contributed by atoms with Gasteiger partial charge in [0.05, 0.1) is 5.69 Å². The van der Waals surface area contributed by atoms with Gasteiger partial charge in [0.15, 0.2) is 5.65 Å². The van der Waals surface area contributed by atoms with Gasteiger partial charge in [-0.25, -0.2) is 18.3 Å². The minimum atomic E-state index is -0.281. The summed E-state index contributed by atoms with van der Waals surface area (Å²) in [4.78, 5) is 21.9. The number of fused-ring (bicyclic) bond motifs is 1. The van der Waals surface area contributed by atoms with Crippen molar-refractivity contribution < 1.29 is 13.6 Å². The van der Waals surface area contributed by atoms with E-state index in [9.17, 15) is 13.6 Å². The molecule has 1 fully saturated rings. The van der Waals surface area contributed by atoms with Gasteiger partial charge in [0.1, 0.15) is 11.6 Å². The molecule has 1 aliphatic rings. The van der Waals surface area contributed by atoms with E-state index in [-0.39, 0.29) is 17.5 Å². The second-order valence-electron chi connectivity index (χ2n) is 9.31. The molecule has 36 heavy (non-hydrogen) atoms. The third kappa shape index (κ3) is 4.55. The third-order valence-electron chi connectivity index (χ3n) is 7.05. The monoisotopic (exact) mass is 489 g/mol. The van der Waals surface area contributed by atoms with Crippen molar-refractivity contribution in [1.82, 2.24) is 19.5 Å². The quantitative estimate of drug-likeness (QED) is 0.401. The molecular formula is C28H29F2N5O. The van der Waals surface area contributed by atoms with Gasteiger partial charge < -0.3 is 9.80 Å². The third-order valence-corrected chi connectivity index (χ3v) is 7.05. The van der Waals surface area contributed by atoms with Crippen LogP contribution in [0.5, 0.6) is 0 Å². The lowest BCUT2D eigenvalue weighted by Crippen LogP contribution is -2.48. The Labute approximate surface area is 209 Å². The van der Waals surface area contributed by atoms with Crippen LogP contribution in [0.15, 0.2) is 48.5 Å². The van der Waals surface area contributed by atoms with Gasteiger partial charge in [-0.3, -0.25) is 4.79 Å². The Balaban J connectivity index is 1.28. The second kappa shape index (κ2) is 9.68. The van der Waals surface area contributed by atoms with Crippen LogP contribution in [0.2, 0.25) is 0 Å². The van der Waals surface area contributed by atoms with Gasteiger partial charge in [0, 0.05) is 55.2 Å². The van der Waals surface area contributed by atoms with Crippen molar-refractivity contribution in [3.8, 4) is 11.1 Å². The molecule has 0 atom stereocenters. The average molecular weight is 490 g/mol. The predicted octanol–water partition coefficient (Wildman–Crippen LogP) is 4.88. The van der Waals surface area contributed by atoms with Crippen LogP contribution in [0.3, 0.4) is 0 Å². The number of hydrogen-bond donors (Lipinski definition) is 0. The molecular weight excluding hydrogens is 460 g/mol. The first-order valence-corrected chi connectivity index (χ1v) is 12.2. The number of benzene rings is 2. The van der Waals surface area contributed by atoms with Crippen LogP contribution in [0, 0.1) is 32.4 Å². The summed E-state index contributed by atoms with van der Waals surface area (Å²) in [6.07, 6.45) is 0.985. The van der Waals surface area contributed by atoms with Gasteiger partial charge in [-0.1, -0.05) is 12.1 Å². The van der Waals surface area contributed by atoms with Gasteiger partial charge in [0.25, 0.3) is 0 Å². The van der Waals surface area contributed by atoms with Gasteiger partial charge in [0.2, 0.25) is 5.91 Å². The molecule has 0 saturated carbocycles. The maximum absolute atomic E-state index is 13.4. The zero-order chi connectivity index (χ0) is 25.4. The molecule has 0 bridgehead atoms. The summed E-state index contributed by atoms with van der Waals surface area (Å²) in [5, 5.41) is 4.71. The zero-order valence-corrected chi connectivity index (χ0v) is 20.8. The lowest BCUT2D eigenvalue weighted by atomic mass is 10.0. The molecule has 186 valence electrons. The van der Waals surface area contributed by atoms with Crippen molar-refractivity contribution >= 4 is 17.2 Å². The number of amides is 1. The fourth-order valence-corrected chi connectivity index (χ4v) is 5.04. The first-order valence-electron chi connectivity index (χ1n) is 12.2. The Bertz CT molecular complexity index is 1410. The smallest absolute Gasteiger partial charge is 0.223 e. The number of rotatable bonds is 5. The van der Waals surface area contributed by atoms with Gasteiger partial charge in [-0.2, -0.15) is 5.10 Å². The fourth-order valence-electron chi connectivity index (χ4n) is 5.04. The van der Waals surface area contributed by atoms with Crippen LogP contribution in [0.4, 0.5) is 14.5 Å². The summed E-state index contributed by atoms with van der Waals surface area (Å²) in [5.74, 6) is -0.406. The number of piperazine rings is 1. The number of hydrogen-bond acceptors (Lipinski definition) is 4. The Kier molecular flexibility index (Phi) is 6.43. The van der Waals surface area contributed by atoms with Gasteiger partial charge in [-0.05, 0) is 74.7 Å². The Hall–Kier alpha value is -3.81. The van der Waals surface area contributed by atoms with E-state index in [1.54, 1.807) is 24.3 Å². The summed E-state index contributed by atoms with van der Waals surface area (Å²) in [6.45, 7) is 8.63. The first-order chi connectivity index (χ1) is 17.3. The van der Waals surface area contributed by atoms with E-state index in [0.29, 0.717) is 25.9 Å². The molecule has 1 amide bonds. The van der Waals surface area contributed by atoms with Crippen molar-refractivity contribution in [2.75, 3.05) is 31.1 Å². The van der Waals surface area contributed by atoms with Crippen molar-refractivity contribution in [2.24, 2.45) is 0 Å². The van der Waals surface area contributed by atoms with Crippen LogP contribution < -0.4 is 4.90 Å². The molecule has 0 unspecified atom stereocenters. The molecule has 2 aromatic heterocycles. The molecule has 4 aromatic rings. The largest absolute Gasteiger partial charge is 0.368 e. The van der Waals surface area contributed by atoms with Crippen LogP contribution in [0.25, 0.3) is 16.8 Å². The molecule has 0 radical (unpaired) electrons. The lowest BCUT2D eigenvalue weighted by Gasteiger charge is -2.36. The fraction of sp³-hybridized carbons (Fsp3) is 0.321. The summed E-state index contributed by atoms with van der Waals surface area (Å²) in [7, 11) is 0. The van der Waals surface area contributed by atoms with E-state index < -0.39 is 0 Å². The highest BCUT2D eigenvalue weighted by atomic mass is 19.1. The van der Waals surface area contributed by atoms with Crippen molar-refractivity contribution in [3.05, 3.63) is 82.8 Å². The minimum absolute atomic E-state index is 0.122. The van der Waals surface area contributed by atoms with Crippen LogP contribution in [-0.4, -0.2) is 51.6 Å². The zero-order valence-electron chi connectivity index (χ0n) is 20.8. The highest BCUT2D eigenvalue weighted by Gasteiger charge is 2.23. The molecule has 1 saturated heterocycles. The number of nitrogens with zero attached hydrogens (tertiary/aromatic N) is 5. The molecule has 6 nitrogen and oxygen atoms in total. The standard InChI is InChI=1S/C28H29F2N5O/c1-18-25(12-13-26(36)34-16-14-33(15-17-34)24-10-8-23(30)9-11-24)20(3)35-28(31-18)27(19(2)32-35)21-4-6-22(29)7-5-21/h4-11H,12-17H2,1-3H3. The van der Waals surface area contributed by atoms with Crippen LogP contribution in [0.1, 0.15) is 29.1 Å². The molecule has 8 heteroatoms. The van der Waals surface area contributed by atoms with Crippen molar-refractivity contribution in [2.45, 2.75) is 33.6 Å². The second-order valence-corrected chi connectivity index (χ2v) is 9.31.